The molecule has 1 aliphatic rings. The molecule has 1 fully saturated rings. The van der Waals surface area contributed by atoms with Crippen LogP contribution < -0.4 is 10.2 Å². The molecule has 2 aromatic carbocycles. The van der Waals surface area contributed by atoms with Crippen LogP contribution in [0.2, 0.25) is 0 Å². The van der Waals surface area contributed by atoms with E-state index in [1.165, 1.54) is 24.1 Å². The van der Waals surface area contributed by atoms with E-state index >= 15 is 0 Å². The third kappa shape index (κ3) is 4.44. The van der Waals surface area contributed by atoms with E-state index in [1.54, 1.807) is 0 Å². The van der Waals surface area contributed by atoms with Gasteiger partial charge in [0.05, 0.1) is 6.04 Å². The van der Waals surface area contributed by atoms with Crippen LogP contribution in [0.4, 0.5) is 5.69 Å². The van der Waals surface area contributed by atoms with Crippen LogP contribution in [-0.2, 0) is 0 Å². The standard InChI is InChI=1S/C22H29N3O/c1-17-6-8-19(9-7-17)22(26)23-16-21(25-14-4-5-15-25)18-10-12-20(13-11-18)24(2)3/h6-13,21H,4-5,14-16H2,1-3H3,(H,23,26)/t21-/m0/s1. The average molecular weight is 351 g/mol. The minimum atomic E-state index is -0.000825. The average Bonchev–Trinajstić information content (AvgIpc) is 3.17. The predicted molar refractivity (Wildman–Crippen MR) is 108 cm³/mol. The van der Waals surface area contributed by atoms with Crippen LogP contribution in [-0.4, -0.2) is 44.5 Å². The van der Waals surface area contributed by atoms with Crippen LogP contribution in [0.25, 0.3) is 0 Å². The van der Waals surface area contributed by atoms with Gasteiger partial charge in [-0.25, -0.2) is 0 Å². The van der Waals surface area contributed by atoms with Crippen molar-refractivity contribution in [3.8, 4) is 0 Å². The zero-order chi connectivity index (χ0) is 18.5. The van der Waals surface area contributed by atoms with Crippen LogP contribution in [0, 0.1) is 6.92 Å². The van der Waals surface area contributed by atoms with E-state index in [1.807, 2.05) is 31.2 Å². The fourth-order valence-electron chi connectivity index (χ4n) is 3.50. The highest BCUT2D eigenvalue weighted by Crippen LogP contribution is 2.26. The smallest absolute Gasteiger partial charge is 0.251 e. The number of rotatable bonds is 6. The summed E-state index contributed by atoms with van der Waals surface area (Å²) in [6.07, 6.45) is 2.47. The van der Waals surface area contributed by atoms with Crippen molar-refractivity contribution in [2.45, 2.75) is 25.8 Å². The largest absolute Gasteiger partial charge is 0.378 e. The fourth-order valence-corrected chi connectivity index (χ4v) is 3.50. The van der Waals surface area contributed by atoms with Gasteiger partial charge in [-0.05, 0) is 62.7 Å². The summed E-state index contributed by atoms with van der Waals surface area (Å²) in [7, 11) is 4.10. The van der Waals surface area contributed by atoms with Crippen molar-refractivity contribution in [3.63, 3.8) is 0 Å². The molecule has 1 saturated heterocycles. The van der Waals surface area contributed by atoms with Gasteiger partial charge in [0.2, 0.25) is 0 Å². The van der Waals surface area contributed by atoms with E-state index in [0.717, 1.165) is 24.2 Å². The van der Waals surface area contributed by atoms with Gasteiger partial charge >= 0.3 is 0 Å². The summed E-state index contributed by atoms with van der Waals surface area (Å²) in [6, 6.07) is 16.7. The lowest BCUT2D eigenvalue weighted by atomic mass is 10.0. The second kappa shape index (κ2) is 8.37. The number of nitrogens with zero attached hydrogens (tertiary/aromatic N) is 2. The van der Waals surface area contributed by atoms with Gasteiger partial charge in [-0.3, -0.25) is 9.69 Å². The number of carbonyl (C=O) groups is 1. The summed E-state index contributed by atoms with van der Waals surface area (Å²) in [5.74, 6) is -0.000825. The monoisotopic (exact) mass is 351 g/mol. The van der Waals surface area contributed by atoms with E-state index in [4.69, 9.17) is 0 Å². The van der Waals surface area contributed by atoms with E-state index in [-0.39, 0.29) is 11.9 Å². The van der Waals surface area contributed by atoms with Crippen LogP contribution in [0.1, 0.15) is 40.4 Å². The number of amides is 1. The quantitative estimate of drug-likeness (QED) is 0.863. The maximum atomic E-state index is 12.5. The van der Waals surface area contributed by atoms with E-state index in [2.05, 4.69) is 53.5 Å². The zero-order valence-corrected chi connectivity index (χ0v) is 16.0. The van der Waals surface area contributed by atoms with Crippen molar-refractivity contribution in [2.75, 3.05) is 38.6 Å². The van der Waals surface area contributed by atoms with Gasteiger partial charge in [-0.1, -0.05) is 29.8 Å². The lowest BCUT2D eigenvalue weighted by Crippen LogP contribution is -2.36. The maximum absolute atomic E-state index is 12.5. The van der Waals surface area contributed by atoms with E-state index in [0.29, 0.717) is 6.54 Å². The number of carbonyl (C=O) groups excluding carboxylic acids is 1. The Kier molecular flexibility index (Phi) is 5.94. The second-order valence-electron chi connectivity index (χ2n) is 7.32. The van der Waals surface area contributed by atoms with Crippen LogP contribution >= 0.6 is 0 Å². The van der Waals surface area contributed by atoms with Crippen molar-refractivity contribution in [2.24, 2.45) is 0 Å². The number of hydrogen-bond acceptors (Lipinski definition) is 3. The van der Waals surface area contributed by atoms with Crippen LogP contribution in [0.15, 0.2) is 48.5 Å². The zero-order valence-electron chi connectivity index (χ0n) is 16.0. The Morgan fingerprint density at radius 1 is 1.04 bits per heavy atom. The molecular formula is C22H29N3O. The first-order chi connectivity index (χ1) is 12.5. The first-order valence-corrected chi connectivity index (χ1v) is 9.41. The molecule has 2 aromatic rings. The SMILES string of the molecule is Cc1ccc(C(=O)NC[C@@H](c2ccc(N(C)C)cc2)N2CCCC2)cc1. The van der Waals surface area contributed by atoms with Gasteiger partial charge in [0.15, 0.2) is 0 Å². The number of aryl methyl sites for hydroxylation is 1. The minimum absolute atomic E-state index is 0.000825. The lowest BCUT2D eigenvalue weighted by molar-refractivity contribution is 0.0938. The van der Waals surface area contributed by atoms with E-state index in [9.17, 15) is 4.79 Å². The summed E-state index contributed by atoms with van der Waals surface area (Å²) in [5, 5.41) is 3.14. The normalized spacial score (nSPS) is 15.7. The summed E-state index contributed by atoms with van der Waals surface area (Å²) in [4.78, 5) is 17.1. The molecule has 1 atom stereocenters. The number of hydrogen-bond donors (Lipinski definition) is 1. The fraction of sp³-hybridized carbons (Fsp3) is 0.409. The molecule has 0 unspecified atom stereocenters. The van der Waals surface area contributed by atoms with Gasteiger partial charge in [-0.15, -0.1) is 0 Å². The molecule has 1 N–H and O–H groups in total. The molecule has 1 amide bonds. The van der Waals surface area contributed by atoms with Crippen molar-refractivity contribution in [1.29, 1.82) is 0 Å². The molecule has 1 heterocycles. The third-order valence-electron chi connectivity index (χ3n) is 5.15. The Morgan fingerprint density at radius 3 is 2.23 bits per heavy atom. The molecule has 3 rings (SSSR count). The molecule has 138 valence electrons. The molecule has 0 aliphatic carbocycles. The molecule has 0 spiro atoms. The molecule has 0 bridgehead atoms. The highest BCUT2D eigenvalue weighted by atomic mass is 16.1. The third-order valence-corrected chi connectivity index (χ3v) is 5.15. The van der Waals surface area contributed by atoms with E-state index < -0.39 is 0 Å². The highest BCUT2D eigenvalue weighted by molar-refractivity contribution is 5.94. The molecular weight excluding hydrogens is 322 g/mol. The number of nitrogens with one attached hydrogen (secondary N) is 1. The highest BCUT2D eigenvalue weighted by Gasteiger charge is 2.24. The van der Waals surface area contributed by atoms with Crippen molar-refractivity contribution in [1.82, 2.24) is 10.2 Å². The maximum Gasteiger partial charge on any atom is 0.251 e. The molecule has 4 nitrogen and oxygen atoms in total. The molecule has 0 aromatic heterocycles. The first kappa shape index (κ1) is 18.5. The minimum Gasteiger partial charge on any atom is -0.378 e. The van der Waals surface area contributed by atoms with Gasteiger partial charge in [0.25, 0.3) is 5.91 Å². The Balaban J connectivity index is 1.72. The molecule has 0 saturated carbocycles. The number of likely N-dealkylation sites (tertiary alicyclic amines) is 1. The van der Waals surface area contributed by atoms with Gasteiger partial charge < -0.3 is 10.2 Å². The Labute approximate surface area is 156 Å². The second-order valence-corrected chi connectivity index (χ2v) is 7.32. The summed E-state index contributed by atoms with van der Waals surface area (Å²) in [5.41, 5.74) is 4.34. The summed E-state index contributed by atoms with van der Waals surface area (Å²) < 4.78 is 0. The first-order valence-electron chi connectivity index (χ1n) is 9.41. The molecule has 0 radical (unpaired) electrons. The van der Waals surface area contributed by atoms with Crippen molar-refractivity contribution < 1.29 is 4.79 Å². The lowest BCUT2D eigenvalue weighted by Gasteiger charge is -2.28. The van der Waals surface area contributed by atoms with Crippen molar-refractivity contribution >= 4 is 11.6 Å². The number of anilines is 1. The van der Waals surface area contributed by atoms with Gasteiger partial charge in [0, 0.05) is 31.9 Å². The molecule has 4 heteroatoms. The van der Waals surface area contributed by atoms with Crippen LogP contribution in [0.5, 0.6) is 0 Å². The number of benzene rings is 2. The predicted octanol–water partition coefficient (Wildman–Crippen LogP) is 3.63. The molecule has 1 aliphatic heterocycles. The van der Waals surface area contributed by atoms with Gasteiger partial charge in [0.1, 0.15) is 0 Å². The Hall–Kier alpha value is -2.33. The molecule has 26 heavy (non-hydrogen) atoms. The summed E-state index contributed by atoms with van der Waals surface area (Å²) in [6.45, 7) is 4.86. The van der Waals surface area contributed by atoms with Crippen LogP contribution in [0.3, 0.4) is 0 Å². The topological polar surface area (TPSA) is 35.6 Å². The Bertz CT molecular complexity index is 716. The van der Waals surface area contributed by atoms with Crippen molar-refractivity contribution in [3.05, 3.63) is 65.2 Å². The Morgan fingerprint density at radius 2 is 1.65 bits per heavy atom. The van der Waals surface area contributed by atoms with Gasteiger partial charge in [-0.2, -0.15) is 0 Å². The summed E-state index contributed by atoms with van der Waals surface area (Å²) >= 11 is 0.